The van der Waals surface area contributed by atoms with Gasteiger partial charge in [0.15, 0.2) is 0 Å². The lowest BCUT2D eigenvalue weighted by Crippen LogP contribution is -2.22. The number of hydrogen-bond acceptors (Lipinski definition) is 6. The molecule has 1 aromatic carbocycles. The number of aromatic nitrogens is 1. The average molecular weight is 390 g/mol. The van der Waals surface area contributed by atoms with Crippen molar-refractivity contribution in [2.24, 2.45) is 5.14 Å². The zero-order valence-corrected chi connectivity index (χ0v) is 15.8. The first-order valence-electron chi connectivity index (χ1n) is 8.61. The standard InChI is InChI=1S/C18H22N4O4S/c1-12-4-5-13(17(21-12)22-8-2-3-9-22)11-20-16-7-6-14(27(19,25)26)10-15(16)18(23)24/h4-7,10,20H,2-3,8-9,11H2,1H3,(H,23,24)(H2,19,25,26). The summed E-state index contributed by atoms with van der Waals surface area (Å²) in [6, 6.07) is 7.66. The zero-order valence-electron chi connectivity index (χ0n) is 15.0. The van der Waals surface area contributed by atoms with Gasteiger partial charge in [-0.05, 0) is 44.0 Å². The molecule has 0 atom stereocenters. The van der Waals surface area contributed by atoms with E-state index in [0.29, 0.717) is 12.2 Å². The number of benzene rings is 1. The van der Waals surface area contributed by atoms with Crippen LogP contribution in [0.25, 0.3) is 0 Å². The third kappa shape index (κ3) is 4.37. The van der Waals surface area contributed by atoms with Gasteiger partial charge in [0, 0.05) is 36.6 Å². The number of aryl methyl sites for hydroxylation is 1. The number of carboxylic acid groups (broad SMARTS) is 1. The number of primary sulfonamides is 1. The molecule has 1 aliphatic rings. The molecule has 2 aromatic rings. The Morgan fingerprint density at radius 1 is 1.26 bits per heavy atom. The Morgan fingerprint density at radius 2 is 1.96 bits per heavy atom. The zero-order chi connectivity index (χ0) is 19.6. The van der Waals surface area contributed by atoms with Crippen molar-refractivity contribution in [1.29, 1.82) is 0 Å². The van der Waals surface area contributed by atoms with Gasteiger partial charge < -0.3 is 15.3 Å². The van der Waals surface area contributed by atoms with Gasteiger partial charge in [-0.15, -0.1) is 0 Å². The van der Waals surface area contributed by atoms with Gasteiger partial charge in [-0.3, -0.25) is 0 Å². The van der Waals surface area contributed by atoms with Gasteiger partial charge in [0.2, 0.25) is 10.0 Å². The van der Waals surface area contributed by atoms with Crippen LogP contribution in [0.2, 0.25) is 0 Å². The molecule has 8 nitrogen and oxygen atoms in total. The van der Waals surface area contributed by atoms with Crippen LogP contribution in [-0.2, 0) is 16.6 Å². The van der Waals surface area contributed by atoms with Crippen LogP contribution in [0.3, 0.4) is 0 Å². The van der Waals surface area contributed by atoms with Crippen molar-refractivity contribution < 1.29 is 18.3 Å². The number of pyridine rings is 1. The molecule has 1 aromatic heterocycles. The normalized spacial score (nSPS) is 14.4. The second-order valence-electron chi connectivity index (χ2n) is 6.54. The summed E-state index contributed by atoms with van der Waals surface area (Å²) in [6.07, 6.45) is 2.25. The highest BCUT2D eigenvalue weighted by Crippen LogP contribution is 2.25. The van der Waals surface area contributed by atoms with Crippen LogP contribution in [-0.4, -0.2) is 37.6 Å². The van der Waals surface area contributed by atoms with Gasteiger partial charge in [-0.25, -0.2) is 23.3 Å². The number of aromatic carboxylic acids is 1. The number of hydrogen-bond donors (Lipinski definition) is 3. The second-order valence-corrected chi connectivity index (χ2v) is 8.10. The van der Waals surface area contributed by atoms with E-state index in [9.17, 15) is 18.3 Å². The number of sulfonamides is 1. The monoisotopic (exact) mass is 390 g/mol. The molecule has 1 fully saturated rings. The molecule has 0 spiro atoms. The van der Waals surface area contributed by atoms with Crippen molar-refractivity contribution in [3.8, 4) is 0 Å². The van der Waals surface area contributed by atoms with Gasteiger partial charge in [0.25, 0.3) is 0 Å². The molecular formula is C18H22N4O4S. The minimum atomic E-state index is -3.97. The number of rotatable bonds is 6. The first-order valence-corrected chi connectivity index (χ1v) is 10.2. The third-order valence-electron chi connectivity index (χ3n) is 4.52. The predicted octanol–water partition coefficient (Wildman–Crippen LogP) is 1.95. The van der Waals surface area contributed by atoms with E-state index < -0.39 is 16.0 Å². The minimum absolute atomic E-state index is 0.149. The van der Waals surface area contributed by atoms with Crippen LogP contribution in [0.15, 0.2) is 35.2 Å². The predicted molar refractivity (Wildman–Crippen MR) is 103 cm³/mol. The number of anilines is 2. The molecule has 0 amide bonds. The summed E-state index contributed by atoms with van der Waals surface area (Å²) < 4.78 is 22.9. The maximum Gasteiger partial charge on any atom is 0.337 e. The maximum atomic E-state index is 11.5. The Hall–Kier alpha value is -2.65. The first kappa shape index (κ1) is 19.1. The summed E-state index contributed by atoms with van der Waals surface area (Å²) in [6.45, 7) is 4.21. The molecule has 0 bridgehead atoms. The number of carbonyl (C=O) groups is 1. The highest BCUT2D eigenvalue weighted by Gasteiger charge is 2.19. The Kier molecular flexibility index (Phi) is 5.33. The Labute approximate surface area is 158 Å². The molecule has 0 aliphatic carbocycles. The van der Waals surface area contributed by atoms with E-state index in [1.54, 1.807) is 0 Å². The molecule has 2 heterocycles. The number of nitrogens with two attached hydrogens (primary N) is 1. The molecule has 3 rings (SSSR count). The molecule has 0 unspecified atom stereocenters. The van der Waals surface area contributed by atoms with Gasteiger partial charge in [-0.1, -0.05) is 6.07 Å². The lowest BCUT2D eigenvalue weighted by molar-refractivity contribution is 0.0697. The molecule has 4 N–H and O–H groups in total. The first-order chi connectivity index (χ1) is 12.8. The summed E-state index contributed by atoms with van der Waals surface area (Å²) in [5, 5.41) is 17.6. The SMILES string of the molecule is Cc1ccc(CNc2ccc(S(N)(=O)=O)cc2C(=O)O)c(N2CCCC2)n1. The topological polar surface area (TPSA) is 126 Å². The minimum Gasteiger partial charge on any atom is -0.478 e. The maximum absolute atomic E-state index is 11.5. The van der Waals surface area contributed by atoms with Crippen LogP contribution in [0.5, 0.6) is 0 Å². The molecule has 1 saturated heterocycles. The molecular weight excluding hydrogens is 368 g/mol. The lowest BCUT2D eigenvalue weighted by atomic mass is 10.1. The van der Waals surface area contributed by atoms with E-state index in [2.05, 4.69) is 15.2 Å². The average Bonchev–Trinajstić information content (AvgIpc) is 3.14. The Balaban J connectivity index is 1.88. The highest BCUT2D eigenvalue weighted by atomic mass is 32.2. The van der Waals surface area contributed by atoms with Crippen molar-refractivity contribution in [3.05, 3.63) is 47.2 Å². The van der Waals surface area contributed by atoms with E-state index in [4.69, 9.17) is 5.14 Å². The number of nitrogens with zero attached hydrogens (tertiary/aromatic N) is 2. The summed E-state index contributed by atoms with van der Waals surface area (Å²) in [4.78, 5) is 18.2. The van der Waals surface area contributed by atoms with Crippen LogP contribution < -0.4 is 15.4 Å². The quantitative estimate of drug-likeness (QED) is 0.688. The molecule has 144 valence electrons. The van der Waals surface area contributed by atoms with Crippen LogP contribution in [0, 0.1) is 6.92 Å². The van der Waals surface area contributed by atoms with Crippen molar-refractivity contribution in [2.45, 2.75) is 31.2 Å². The largest absolute Gasteiger partial charge is 0.478 e. The van der Waals surface area contributed by atoms with Crippen molar-refractivity contribution in [2.75, 3.05) is 23.3 Å². The van der Waals surface area contributed by atoms with Gasteiger partial charge in [0.1, 0.15) is 5.82 Å². The molecule has 1 aliphatic heterocycles. The van der Waals surface area contributed by atoms with Crippen LogP contribution in [0.4, 0.5) is 11.5 Å². The Bertz CT molecular complexity index is 969. The van der Waals surface area contributed by atoms with Crippen LogP contribution >= 0.6 is 0 Å². The molecule has 9 heteroatoms. The van der Waals surface area contributed by atoms with Gasteiger partial charge in [0.05, 0.1) is 10.5 Å². The summed E-state index contributed by atoms with van der Waals surface area (Å²) in [5.74, 6) is -0.331. The molecule has 27 heavy (non-hydrogen) atoms. The fraction of sp³-hybridized carbons (Fsp3) is 0.333. The fourth-order valence-corrected chi connectivity index (χ4v) is 3.67. The smallest absolute Gasteiger partial charge is 0.337 e. The summed E-state index contributed by atoms with van der Waals surface area (Å²) >= 11 is 0. The van der Waals surface area contributed by atoms with Gasteiger partial charge in [-0.2, -0.15) is 0 Å². The van der Waals surface area contributed by atoms with E-state index in [0.717, 1.165) is 49.1 Å². The molecule has 0 saturated carbocycles. The summed E-state index contributed by atoms with van der Waals surface area (Å²) in [5.41, 5.74) is 2.05. The molecule has 0 radical (unpaired) electrons. The van der Waals surface area contributed by atoms with E-state index in [1.165, 1.54) is 12.1 Å². The van der Waals surface area contributed by atoms with Crippen LogP contribution in [0.1, 0.15) is 34.5 Å². The second kappa shape index (κ2) is 7.53. The Morgan fingerprint density at radius 3 is 2.59 bits per heavy atom. The lowest BCUT2D eigenvalue weighted by Gasteiger charge is -2.21. The van der Waals surface area contributed by atoms with Crippen molar-refractivity contribution >= 4 is 27.5 Å². The third-order valence-corrected chi connectivity index (χ3v) is 5.43. The fourth-order valence-electron chi connectivity index (χ4n) is 3.13. The van der Waals surface area contributed by atoms with E-state index in [-0.39, 0.29) is 10.5 Å². The van der Waals surface area contributed by atoms with Crippen molar-refractivity contribution in [3.63, 3.8) is 0 Å². The van der Waals surface area contributed by atoms with E-state index >= 15 is 0 Å². The summed E-state index contributed by atoms with van der Waals surface area (Å²) in [7, 11) is -3.97. The van der Waals surface area contributed by atoms with E-state index in [1.807, 2.05) is 19.1 Å². The van der Waals surface area contributed by atoms with Gasteiger partial charge >= 0.3 is 5.97 Å². The number of nitrogens with one attached hydrogen (secondary N) is 1. The van der Waals surface area contributed by atoms with Crippen molar-refractivity contribution in [1.82, 2.24) is 4.98 Å². The number of carboxylic acids is 1. The highest BCUT2D eigenvalue weighted by molar-refractivity contribution is 7.89.